The van der Waals surface area contributed by atoms with Crippen LogP contribution in [0.5, 0.6) is 0 Å². The standard InChI is InChI=1S/C17H30N2/c1-5-10-17(14-18,11-6-2)19(4)13-16-9-7-8-15(3)12-16/h7-9,12H,5-6,10-11,13-14,18H2,1-4H3. The molecule has 0 unspecified atom stereocenters. The summed E-state index contributed by atoms with van der Waals surface area (Å²) in [4.78, 5) is 2.47. The number of hydrogen-bond acceptors (Lipinski definition) is 2. The Morgan fingerprint density at radius 1 is 1.16 bits per heavy atom. The predicted octanol–water partition coefficient (Wildman–Crippen LogP) is 3.72. The van der Waals surface area contributed by atoms with Crippen molar-refractivity contribution in [3.8, 4) is 0 Å². The monoisotopic (exact) mass is 262 g/mol. The molecule has 0 fully saturated rings. The van der Waals surface area contributed by atoms with Gasteiger partial charge in [-0.3, -0.25) is 4.90 Å². The van der Waals surface area contributed by atoms with E-state index in [9.17, 15) is 0 Å². The largest absolute Gasteiger partial charge is 0.329 e. The van der Waals surface area contributed by atoms with Crippen LogP contribution in [0.4, 0.5) is 0 Å². The third kappa shape index (κ3) is 4.32. The summed E-state index contributed by atoms with van der Waals surface area (Å²) in [6.07, 6.45) is 4.74. The van der Waals surface area contributed by atoms with Crippen LogP contribution in [0.15, 0.2) is 24.3 Å². The lowest BCUT2D eigenvalue weighted by Crippen LogP contribution is -2.51. The van der Waals surface area contributed by atoms with Crippen molar-refractivity contribution in [3.05, 3.63) is 35.4 Å². The molecule has 0 amide bonds. The van der Waals surface area contributed by atoms with Crippen molar-refractivity contribution >= 4 is 0 Å². The van der Waals surface area contributed by atoms with Gasteiger partial charge in [-0.1, -0.05) is 56.5 Å². The van der Waals surface area contributed by atoms with Gasteiger partial charge in [-0.15, -0.1) is 0 Å². The van der Waals surface area contributed by atoms with Crippen molar-refractivity contribution in [1.82, 2.24) is 4.90 Å². The minimum atomic E-state index is 0.160. The highest BCUT2D eigenvalue weighted by Crippen LogP contribution is 2.27. The van der Waals surface area contributed by atoms with Crippen molar-refractivity contribution in [2.24, 2.45) is 5.73 Å². The predicted molar refractivity (Wildman–Crippen MR) is 84.2 cm³/mol. The lowest BCUT2D eigenvalue weighted by atomic mass is 9.86. The van der Waals surface area contributed by atoms with Crippen LogP contribution in [0.25, 0.3) is 0 Å². The van der Waals surface area contributed by atoms with Gasteiger partial charge in [0.2, 0.25) is 0 Å². The first-order valence-corrected chi connectivity index (χ1v) is 7.55. The van der Waals surface area contributed by atoms with E-state index in [-0.39, 0.29) is 5.54 Å². The first-order chi connectivity index (χ1) is 9.07. The molecule has 0 aromatic heterocycles. The zero-order valence-electron chi connectivity index (χ0n) is 13.1. The first-order valence-electron chi connectivity index (χ1n) is 7.55. The SMILES string of the molecule is CCCC(CN)(CCC)N(C)Cc1cccc(C)c1. The number of rotatable bonds is 8. The quantitative estimate of drug-likeness (QED) is 0.773. The van der Waals surface area contributed by atoms with E-state index in [0.29, 0.717) is 0 Å². The summed E-state index contributed by atoms with van der Waals surface area (Å²) >= 11 is 0. The number of likely N-dealkylation sites (N-methyl/N-ethyl adjacent to an activating group) is 1. The number of nitrogens with two attached hydrogens (primary N) is 1. The second kappa shape index (κ2) is 7.66. The zero-order chi connectivity index (χ0) is 14.3. The molecule has 1 aromatic carbocycles. The molecule has 0 saturated carbocycles. The van der Waals surface area contributed by atoms with Crippen molar-refractivity contribution in [2.75, 3.05) is 13.6 Å². The van der Waals surface area contributed by atoms with Crippen molar-refractivity contribution in [1.29, 1.82) is 0 Å². The second-order valence-corrected chi connectivity index (χ2v) is 5.77. The Labute approximate surface area is 119 Å². The smallest absolute Gasteiger partial charge is 0.0332 e. The van der Waals surface area contributed by atoms with Crippen LogP contribution >= 0.6 is 0 Å². The maximum atomic E-state index is 6.12. The summed E-state index contributed by atoms with van der Waals surface area (Å²) in [6.45, 7) is 8.38. The van der Waals surface area contributed by atoms with Crippen molar-refractivity contribution in [3.63, 3.8) is 0 Å². The van der Waals surface area contributed by atoms with Gasteiger partial charge in [0.05, 0.1) is 0 Å². The molecule has 1 aromatic rings. The van der Waals surface area contributed by atoms with Gasteiger partial charge in [0.25, 0.3) is 0 Å². The summed E-state index contributed by atoms with van der Waals surface area (Å²) in [5.74, 6) is 0. The van der Waals surface area contributed by atoms with E-state index in [2.05, 4.69) is 57.0 Å². The van der Waals surface area contributed by atoms with Crippen LogP contribution < -0.4 is 5.73 Å². The third-order valence-electron chi connectivity index (χ3n) is 4.12. The van der Waals surface area contributed by atoms with Crippen LogP contribution in [0.3, 0.4) is 0 Å². The molecule has 2 heteroatoms. The molecule has 19 heavy (non-hydrogen) atoms. The minimum absolute atomic E-state index is 0.160. The van der Waals surface area contributed by atoms with Crippen LogP contribution in [-0.2, 0) is 6.54 Å². The van der Waals surface area contributed by atoms with E-state index in [1.54, 1.807) is 0 Å². The van der Waals surface area contributed by atoms with E-state index >= 15 is 0 Å². The van der Waals surface area contributed by atoms with E-state index in [1.165, 1.54) is 36.8 Å². The summed E-state index contributed by atoms with van der Waals surface area (Å²) in [7, 11) is 2.22. The third-order valence-corrected chi connectivity index (χ3v) is 4.12. The van der Waals surface area contributed by atoms with Crippen LogP contribution in [0, 0.1) is 6.92 Å². The van der Waals surface area contributed by atoms with Crippen molar-refractivity contribution in [2.45, 2.75) is 58.5 Å². The molecule has 1 rings (SSSR count). The van der Waals surface area contributed by atoms with E-state index in [0.717, 1.165) is 13.1 Å². The molecule has 0 atom stereocenters. The van der Waals surface area contributed by atoms with Crippen LogP contribution in [0.2, 0.25) is 0 Å². The molecule has 0 bridgehead atoms. The van der Waals surface area contributed by atoms with Gasteiger partial charge in [-0.2, -0.15) is 0 Å². The maximum absolute atomic E-state index is 6.12. The summed E-state index contributed by atoms with van der Waals surface area (Å²) < 4.78 is 0. The average molecular weight is 262 g/mol. The molecule has 0 aliphatic rings. The fourth-order valence-electron chi connectivity index (χ4n) is 3.05. The maximum Gasteiger partial charge on any atom is 0.0332 e. The van der Waals surface area contributed by atoms with Gasteiger partial charge < -0.3 is 5.73 Å². The topological polar surface area (TPSA) is 29.3 Å². The molecule has 2 nitrogen and oxygen atoms in total. The molecule has 0 spiro atoms. The summed E-state index contributed by atoms with van der Waals surface area (Å²) in [5, 5.41) is 0. The molecule has 0 heterocycles. The Hall–Kier alpha value is -0.860. The van der Waals surface area contributed by atoms with Gasteiger partial charge in [0, 0.05) is 18.6 Å². The number of hydrogen-bond donors (Lipinski definition) is 1. The lowest BCUT2D eigenvalue weighted by molar-refractivity contribution is 0.0955. The fraction of sp³-hybridized carbons (Fsp3) is 0.647. The van der Waals surface area contributed by atoms with Crippen molar-refractivity contribution < 1.29 is 0 Å². The number of nitrogens with zero attached hydrogens (tertiary/aromatic N) is 1. The zero-order valence-corrected chi connectivity index (χ0v) is 13.1. The Bertz CT molecular complexity index is 367. The van der Waals surface area contributed by atoms with E-state index in [4.69, 9.17) is 5.73 Å². The molecular weight excluding hydrogens is 232 g/mol. The highest BCUT2D eigenvalue weighted by atomic mass is 15.2. The summed E-state index contributed by atoms with van der Waals surface area (Å²) in [6, 6.07) is 8.78. The van der Waals surface area contributed by atoms with Crippen LogP contribution in [-0.4, -0.2) is 24.0 Å². The van der Waals surface area contributed by atoms with E-state index < -0.39 is 0 Å². The second-order valence-electron chi connectivity index (χ2n) is 5.77. The Morgan fingerprint density at radius 2 is 1.79 bits per heavy atom. The molecule has 0 aliphatic carbocycles. The first kappa shape index (κ1) is 16.2. The molecule has 0 radical (unpaired) electrons. The van der Waals surface area contributed by atoms with Gasteiger partial charge in [-0.05, 0) is 32.4 Å². The minimum Gasteiger partial charge on any atom is -0.329 e. The summed E-state index contributed by atoms with van der Waals surface area (Å²) in [5.41, 5.74) is 8.99. The Balaban J connectivity index is 2.84. The average Bonchev–Trinajstić information content (AvgIpc) is 2.38. The molecule has 108 valence electrons. The molecular formula is C17H30N2. The number of aryl methyl sites for hydroxylation is 1. The Morgan fingerprint density at radius 3 is 2.26 bits per heavy atom. The lowest BCUT2D eigenvalue weighted by Gasteiger charge is -2.41. The van der Waals surface area contributed by atoms with Gasteiger partial charge >= 0.3 is 0 Å². The molecule has 0 aliphatic heterocycles. The van der Waals surface area contributed by atoms with E-state index in [1.807, 2.05) is 0 Å². The number of benzene rings is 1. The highest BCUT2D eigenvalue weighted by Gasteiger charge is 2.31. The fourth-order valence-corrected chi connectivity index (χ4v) is 3.05. The molecule has 2 N–H and O–H groups in total. The highest BCUT2D eigenvalue weighted by molar-refractivity contribution is 5.22. The van der Waals surface area contributed by atoms with Crippen LogP contribution in [0.1, 0.15) is 50.7 Å². The molecule has 0 saturated heterocycles. The van der Waals surface area contributed by atoms with Gasteiger partial charge in [-0.25, -0.2) is 0 Å². The normalized spacial score (nSPS) is 12.1. The Kier molecular flexibility index (Phi) is 6.53. The van der Waals surface area contributed by atoms with Gasteiger partial charge in [0.1, 0.15) is 0 Å². The van der Waals surface area contributed by atoms with Gasteiger partial charge in [0.15, 0.2) is 0 Å².